The Morgan fingerprint density at radius 2 is 1.62 bits per heavy atom. The quantitative estimate of drug-likeness (QED) is 0.424. The van der Waals surface area contributed by atoms with Gasteiger partial charge in [-0.3, -0.25) is 5.01 Å². The van der Waals surface area contributed by atoms with Gasteiger partial charge in [0.05, 0.1) is 23.0 Å². The number of hydrogen-bond acceptors (Lipinski definition) is 2. The highest BCUT2D eigenvalue weighted by Gasteiger charge is 2.34. The summed E-state index contributed by atoms with van der Waals surface area (Å²) in [5.74, 6) is -0.365. The first kappa shape index (κ1) is 19.5. The Morgan fingerprint density at radius 3 is 2.28 bits per heavy atom. The molecular formula is C22H15ClF4N2. The Morgan fingerprint density at radius 1 is 0.931 bits per heavy atom. The number of alkyl halides is 3. The molecule has 0 saturated carbocycles. The normalized spacial score (nSPS) is 16.8. The van der Waals surface area contributed by atoms with E-state index in [-0.39, 0.29) is 11.9 Å². The van der Waals surface area contributed by atoms with Crippen molar-refractivity contribution < 1.29 is 17.6 Å². The number of nitrogens with zero attached hydrogens (tertiary/aromatic N) is 2. The van der Waals surface area contributed by atoms with Gasteiger partial charge >= 0.3 is 6.18 Å². The van der Waals surface area contributed by atoms with Crippen LogP contribution < -0.4 is 5.01 Å². The highest BCUT2D eigenvalue weighted by molar-refractivity contribution is 6.30. The van der Waals surface area contributed by atoms with Gasteiger partial charge in [-0.25, -0.2) is 4.39 Å². The van der Waals surface area contributed by atoms with Crippen LogP contribution in [0.5, 0.6) is 0 Å². The minimum atomic E-state index is -4.45. The molecule has 148 valence electrons. The van der Waals surface area contributed by atoms with E-state index >= 15 is 0 Å². The molecule has 0 radical (unpaired) electrons. The van der Waals surface area contributed by atoms with Gasteiger partial charge in [-0.15, -0.1) is 0 Å². The summed E-state index contributed by atoms with van der Waals surface area (Å²) in [5, 5.41) is 6.74. The zero-order chi connectivity index (χ0) is 20.6. The molecule has 1 aliphatic rings. The van der Waals surface area contributed by atoms with Crippen molar-refractivity contribution >= 4 is 23.0 Å². The van der Waals surface area contributed by atoms with Crippen molar-refractivity contribution in [3.8, 4) is 0 Å². The third-order valence-corrected chi connectivity index (χ3v) is 5.03. The van der Waals surface area contributed by atoms with Crippen LogP contribution in [-0.4, -0.2) is 5.71 Å². The fraction of sp³-hybridized carbons (Fsp3) is 0.136. The van der Waals surface area contributed by atoms with Crippen molar-refractivity contribution in [2.24, 2.45) is 5.10 Å². The molecule has 0 aromatic heterocycles. The smallest absolute Gasteiger partial charge is 0.257 e. The number of rotatable bonds is 3. The molecule has 0 bridgehead atoms. The minimum absolute atomic E-state index is 0.309. The van der Waals surface area contributed by atoms with E-state index in [4.69, 9.17) is 11.6 Å². The number of anilines is 1. The van der Waals surface area contributed by atoms with E-state index in [2.05, 4.69) is 5.10 Å². The summed E-state index contributed by atoms with van der Waals surface area (Å²) < 4.78 is 52.9. The maximum absolute atomic E-state index is 13.3. The third kappa shape index (κ3) is 4.12. The van der Waals surface area contributed by atoms with Crippen LogP contribution in [0.15, 0.2) is 77.9 Å². The predicted octanol–water partition coefficient (Wildman–Crippen LogP) is 6.85. The van der Waals surface area contributed by atoms with E-state index in [9.17, 15) is 17.6 Å². The van der Waals surface area contributed by atoms with Crippen molar-refractivity contribution in [1.29, 1.82) is 0 Å². The SMILES string of the molecule is Fc1ccc(C2=NN(c3cccc(C(F)(F)F)c3)[C@H](c3ccc(Cl)cc3)C2)cc1. The second kappa shape index (κ2) is 7.52. The molecule has 29 heavy (non-hydrogen) atoms. The predicted molar refractivity (Wildman–Crippen MR) is 106 cm³/mol. The van der Waals surface area contributed by atoms with Gasteiger partial charge < -0.3 is 0 Å². The van der Waals surface area contributed by atoms with E-state index in [1.54, 1.807) is 35.3 Å². The van der Waals surface area contributed by atoms with E-state index in [0.29, 0.717) is 22.8 Å². The number of hydrogen-bond donors (Lipinski definition) is 0. The van der Waals surface area contributed by atoms with Crippen LogP contribution in [0, 0.1) is 5.82 Å². The molecule has 2 nitrogen and oxygen atoms in total. The lowest BCUT2D eigenvalue weighted by atomic mass is 9.98. The van der Waals surface area contributed by atoms with Gasteiger partial charge in [0.2, 0.25) is 0 Å². The fourth-order valence-electron chi connectivity index (χ4n) is 3.33. The molecular weight excluding hydrogens is 404 g/mol. The summed E-state index contributed by atoms with van der Waals surface area (Å²) in [4.78, 5) is 0. The van der Waals surface area contributed by atoms with E-state index < -0.39 is 11.7 Å². The molecule has 1 aliphatic heterocycles. The lowest BCUT2D eigenvalue weighted by molar-refractivity contribution is -0.137. The summed E-state index contributed by atoms with van der Waals surface area (Å²) in [6.07, 6.45) is -3.99. The van der Waals surface area contributed by atoms with E-state index in [0.717, 1.165) is 23.3 Å². The van der Waals surface area contributed by atoms with Gasteiger partial charge in [0, 0.05) is 11.4 Å². The molecule has 1 heterocycles. The van der Waals surface area contributed by atoms with Gasteiger partial charge in [-0.1, -0.05) is 41.9 Å². The second-order valence-electron chi connectivity index (χ2n) is 6.72. The van der Waals surface area contributed by atoms with Gasteiger partial charge in [0.1, 0.15) is 5.82 Å². The van der Waals surface area contributed by atoms with Crippen LogP contribution in [0.2, 0.25) is 5.02 Å². The first-order valence-electron chi connectivity index (χ1n) is 8.86. The first-order valence-corrected chi connectivity index (χ1v) is 9.24. The Balaban J connectivity index is 1.77. The Hall–Kier alpha value is -2.86. The van der Waals surface area contributed by atoms with Crippen molar-refractivity contribution in [2.45, 2.75) is 18.6 Å². The van der Waals surface area contributed by atoms with Crippen molar-refractivity contribution in [3.05, 3.63) is 100 Å². The van der Waals surface area contributed by atoms with Gasteiger partial charge in [-0.2, -0.15) is 18.3 Å². The highest BCUT2D eigenvalue weighted by Crippen LogP contribution is 2.39. The second-order valence-corrected chi connectivity index (χ2v) is 7.15. The van der Waals surface area contributed by atoms with Crippen molar-refractivity contribution in [1.82, 2.24) is 0 Å². The molecule has 3 aromatic carbocycles. The topological polar surface area (TPSA) is 15.6 Å². The lowest BCUT2D eigenvalue weighted by Crippen LogP contribution is -2.19. The average Bonchev–Trinajstić information content (AvgIpc) is 3.14. The largest absolute Gasteiger partial charge is 0.416 e. The van der Waals surface area contributed by atoms with Gasteiger partial charge in [0.25, 0.3) is 0 Å². The zero-order valence-corrected chi connectivity index (χ0v) is 15.8. The van der Waals surface area contributed by atoms with Gasteiger partial charge in [-0.05, 0) is 53.6 Å². The van der Waals surface area contributed by atoms with Gasteiger partial charge in [0.15, 0.2) is 0 Å². The minimum Gasteiger partial charge on any atom is -0.257 e. The monoisotopic (exact) mass is 418 g/mol. The number of benzene rings is 3. The van der Waals surface area contributed by atoms with E-state index in [1.807, 2.05) is 12.1 Å². The first-order chi connectivity index (χ1) is 13.8. The summed E-state index contributed by atoms with van der Waals surface area (Å²) in [7, 11) is 0. The highest BCUT2D eigenvalue weighted by atomic mass is 35.5. The van der Waals surface area contributed by atoms with Crippen LogP contribution in [-0.2, 0) is 6.18 Å². The Labute approximate surface area is 170 Å². The molecule has 4 rings (SSSR count). The van der Waals surface area contributed by atoms with Crippen LogP contribution in [0.1, 0.15) is 29.2 Å². The zero-order valence-electron chi connectivity index (χ0n) is 15.0. The number of hydrazone groups is 1. The van der Waals surface area contributed by atoms with Crippen LogP contribution in [0.4, 0.5) is 23.2 Å². The molecule has 7 heteroatoms. The molecule has 0 fully saturated rings. The summed E-state index contributed by atoms with van der Waals surface area (Å²) in [5.41, 5.74) is 1.85. The molecule has 0 aliphatic carbocycles. The van der Waals surface area contributed by atoms with Crippen LogP contribution in [0.25, 0.3) is 0 Å². The Kier molecular flexibility index (Phi) is 5.04. The summed E-state index contributed by atoms with van der Waals surface area (Å²) in [6.45, 7) is 0. The molecule has 1 atom stereocenters. The Bertz CT molecular complexity index is 1040. The molecule has 0 N–H and O–H groups in total. The van der Waals surface area contributed by atoms with Crippen molar-refractivity contribution in [2.75, 3.05) is 5.01 Å². The van der Waals surface area contributed by atoms with Crippen LogP contribution >= 0.6 is 11.6 Å². The third-order valence-electron chi connectivity index (χ3n) is 4.78. The van der Waals surface area contributed by atoms with Crippen LogP contribution in [0.3, 0.4) is 0 Å². The molecule has 0 spiro atoms. The molecule has 0 saturated heterocycles. The molecule has 0 amide bonds. The van der Waals surface area contributed by atoms with Crippen molar-refractivity contribution in [3.63, 3.8) is 0 Å². The summed E-state index contributed by atoms with van der Waals surface area (Å²) >= 11 is 5.98. The standard InChI is InChI=1S/C22H15ClF4N2/c23-17-8-4-15(5-9-17)21-13-20(14-6-10-18(24)11-7-14)28-29(21)19-3-1-2-16(12-19)22(25,26)27/h1-12,21H,13H2/t21-/m0/s1. The maximum Gasteiger partial charge on any atom is 0.416 e. The summed E-state index contributed by atoms with van der Waals surface area (Å²) in [6, 6.07) is 17.8. The maximum atomic E-state index is 13.3. The average molecular weight is 419 g/mol. The fourth-order valence-corrected chi connectivity index (χ4v) is 3.46. The van der Waals surface area contributed by atoms with E-state index in [1.165, 1.54) is 18.2 Å². The molecule has 3 aromatic rings. The number of halogens is 5. The molecule has 0 unspecified atom stereocenters. The lowest BCUT2D eigenvalue weighted by Gasteiger charge is -2.24.